The highest BCUT2D eigenvalue weighted by atomic mass is 32.1. The van der Waals surface area contributed by atoms with Gasteiger partial charge >= 0.3 is 0 Å². The molecule has 4 aromatic rings. The normalized spacial score (nSPS) is 10.6. The van der Waals surface area contributed by atoms with E-state index in [1.165, 1.54) is 11.3 Å². The molecule has 6 nitrogen and oxygen atoms in total. The smallest absolute Gasteiger partial charge is 0.260 e. The Morgan fingerprint density at radius 3 is 2.03 bits per heavy atom. The Bertz CT molecular complexity index is 1360. The molecule has 1 aromatic heterocycles. The highest BCUT2D eigenvalue weighted by Crippen LogP contribution is 2.40. The zero-order valence-corrected chi connectivity index (χ0v) is 20.0. The molecule has 0 radical (unpaired) electrons. The second kappa shape index (κ2) is 9.80. The molecule has 1 amide bonds. The van der Waals surface area contributed by atoms with E-state index in [4.69, 9.17) is 10.5 Å². The number of aryl methyl sites for hydroxylation is 2. The Kier molecular flexibility index (Phi) is 6.65. The quantitative estimate of drug-likeness (QED) is 0.280. The van der Waals surface area contributed by atoms with Crippen molar-refractivity contribution >= 4 is 45.1 Å². The molecule has 0 bridgehead atoms. The molecule has 172 valence electrons. The number of nitrogens with two attached hydrogens (primary N) is 1. The minimum atomic E-state index is -0.382. The molecule has 0 saturated heterocycles. The van der Waals surface area contributed by atoms with Gasteiger partial charge in [-0.1, -0.05) is 36.4 Å². The van der Waals surface area contributed by atoms with Crippen LogP contribution in [0.3, 0.4) is 0 Å². The first kappa shape index (κ1) is 23.1. The fourth-order valence-electron chi connectivity index (χ4n) is 3.53. The fraction of sp³-hybridized carbons (Fsp3) is 0.111. The van der Waals surface area contributed by atoms with Crippen LogP contribution in [0.1, 0.15) is 36.7 Å². The number of carbonyl (C=O) groups is 2. The Balaban J connectivity index is 1.76. The highest BCUT2D eigenvalue weighted by Gasteiger charge is 2.27. The van der Waals surface area contributed by atoms with Crippen molar-refractivity contribution in [1.82, 2.24) is 0 Å². The van der Waals surface area contributed by atoms with Crippen molar-refractivity contribution in [3.63, 3.8) is 0 Å². The van der Waals surface area contributed by atoms with Gasteiger partial charge in [0.2, 0.25) is 5.78 Å². The molecule has 0 unspecified atom stereocenters. The number of nitrogens with one attached hydrogen (secondary N) is 2. The van der Waals surface area contributed by atoms with Crippen LogP contribution in [0.15, 0.2) is 72.8 Å². The summed E-state index contributed by atoms with van der Waals surface area (Å²) in [5.41, 5.74) is 10.7. The zero-order chi connectivity index (χ0) is 24.2. The summed E-state index contributed by atoms with van der Waals surface area (Å²) in [5, 5.41) is 6.76. The van der Waals surface area contributed by atoms with Crippen LogP contribution in [-0.2, 0) is 0 Å². The molecule has 0 atom stereocenters. The Labute approximate surface area is 202 Å². The van der Waals surface area contributed by atoms with E-state index in [9.17, 15) is 9.59 Å². The van der Waals surface area contributed by atoms with E-state index in [2.05, 4.69) is 10.6 Å². The van der Waals surface area contributed by atoms with E-state index < -0.39 is 0 Å². The van der Waals surface area contributed by atoms with Gasteiger partial charge in [-0.25, -0.2) is 0 Å². The second-order valence-electron chi connectivity index (χ2n) is 7.82. The van der Waals surface area contributed by atoms with Gasteiger partial charge in [0, 0.05) is 16.9 Å². The first-order valence-electron chi connectivity index (χ1n) is 10.7. The van der Waals surface area contributed by atoms with Crippen LogP contribution in [0.2, 0.25) is 0 Å². The van der Waals surface area contributed by atoms with E-state index in [1.807, 2.05) is 62.4 Å². The molecule has 3 aromatic carbocycles. The Morgan fingerprint density at radius 1 is 0.853 bits per heavy atom. The molecule has 7 heteroatoms. The molecule has 34 heavy (non-hydrogen) atoms. The number of amides is 1. The average molecular weight is 472 g/mol. The molecule has 0 aliphatic carbocycles. The van der Waals surface area contributed by atoms with Gasteiger partial charge in [0.1, 0.15) is 15.6 Å². The molecule has 4 rings (SSSR count). The van der Waals surface area contributed by atoms with E-state index in [0.29, 0.717) is 26.9 Å². The maximum atomic E-state index is 13.4. The first-order valence-corrected chi connectivity index (χ1v) is 11.5. The van der Waals surface area contributed by atoms with Crippen LogP contribution >= 0.6 is 11.3 Å². The molecular formula is C27H25N3O3S. The topological polar surface area (TPSA) is 93.4 Å². The number of thiophene rings is 1. The largest absolute Gasteiger partial charge is 0.497 e. The van der Waals surface area contributed by atoms with Crippen molar-refractivity contribution < 1.29 is 14.3 Å². The molecule has 0 aliphatic heterocycles. The fourth-order valence-corrected chi connectivity index (χ4v) is 4.63. The summed E-state index contributed by atoms with van der Waals surface area (Å²) < 4.78 is 5.18. The van der Waals surface area contributed by atoms with E-state index in [-0.39, 0.29) is 22.9 Å². The molecule has 0 aliphatic rings. The van der Waals surface area contributed by atoms with Gasteiger partial charge in [-0.2, -0.15) is 0 Å². The summed E-state index contributed by atoms with van der Waals surface area (Å²) >= 11 is 1.17. The molecule has 1 heterocycles. The first-order chi connectivity index (χ1) is 16.4. The molecule has 4 N–H and O–H groups in total. The van der Waals surface area contributed by atoms with Gasteiger partial charge in [-0.3, -0.25) is 9.59 Å². The third-order valence-electron chi connectivity index (χ3n) is 5.52. The number of carbonyl (C=O) groups excluding carboxylic acids is 2. The lowest BCUT2D eigenvalue weighted by Gasteiger charge is -2.12. The number of para-hydroxylation sites is 2. The third kappa shape index (κ3) is 4.65. The minimum Gasteiger partial charge on any atom is -0.497 e. The van der Waals surface area contributed by atoms with Gasteiger partial charge in [0.15, 0.2) is 0 Å². The zero-order valence-electron chi connectivity index (χ0n) is 19.1. The summed E-state index contributed by atoms with van der Waals surface area (Å²) in [6.45, 7) is 3.88. The number of benzene rings is 3. The Morgan fingerprint density at radius 2 is 1.44 bits per heavy atom. The predicted octanol–water partition coefficient (Wildman–Crippen LogP) is 6.18. The Hall–Kier alpha value is -4.10. The van der Waals surface area contributed by atoms with E-state index >= 15 is 0 Å². The lowest BCUT2D eigenvalue weighted by Crippen LogP contribution is -2.16. The van der Waals surface area contributed by atoms with Crippen molar-refractivity contribution in [2.75, 3.05) is 23.5 Å². The highest BCUT2D eigenvalue weighted by molar-refractivity contribution is 7.19. The average Bonchev–Trinajstić information content (AvgIpc) is 3.17. The molecule has 0 fully saturated rings. The van der Waals surface area contributed by atoms with Crippen molar-refractivity contribution in [1.29, 1.82) is 0 Å². The van der Waals surface area contributed by atoms with Crippen LogP contribution in [0.25, 0.3) is 0 Å². The lowest BCUT2D eigenvalue weighted by molar-refractivity contribution is 0.102. The predicted molar refractivity (Wildman–Crippen MR) is 139 cm³/mol. The number of rotatable bonds is 7. The number of ketones is 1. The third-order valence-corrected chi connectivity index (χ3v) is 6.64. The van der Waals surface area contributed by atoms with Gasteiger partial charge < -0.3 is 21.1 Å². The second-order valence-corrected chi connectivity index (χ2v) is 8.84. The molecule has 0 spiro atoms. The molecular weight excluding hydrogens is 446 g/mol. The summed E-state index contributed by atoms with van der Waals surface area (Å²) in [7, 11) is 1.57. The number of ether oxygens (including phenoxy) is 1. The van der Waals surface area contributed by atoms with Crippen molar-refractivity contribution in [2.24, 2.45) is 0 Å². The minimum absolute atomic E-state index is 0.146. The number of hydrogen-bond acceptors (Lipinski definition) is 6. The number of anilines is 4. The van der Waals surface area contributed by atoms with Gasteiger partial charge in [0.25, 0.3) is 5.91 Å². The SMILES string of the molecule is COc1ccc(C(=O)c2sc(Nc3ccccc3C)c(C(=O)Nc3ccccc3C)c2N)cc1. The van der Waals surface area contributed by atoms with Crippen molar-refractivity contribution in [3.05, 3.63) is 99.9 Å². The van der Waals surface area contributed by atoms with Crippen LogP contribution in [0.4, 0.5) is 22.1 Å². The number of methoxy groups -OCH3 is 1. The standard InChI is InChI=1S/C27H25N3O3S/c1-16-8-4-6-10-20(16)29-26(32)22-23(28)25(24(31)18-12-14-19(33-3)15-13-18)34-27(22)30-21-11-7-5-9-17(21)2/h4-15,30H,28H2,1-3H3,(H,29,32). The van der Waals surface area contributed by atoms with Crippen LogP contribution in [0.5, 0.6) is 5.75 Å². The lowest BCUT2D eigenvalue weighted by atomic mass is 10.1. The van der Waals surface area contributed by atoms with Crippen LogP contribution < -0.4 is 21.1 Å². The van der Waals surface area contributed by atoms with Gasteiger partial charge in [-0.15, -0.1) is 11.3 Å². The van der Waals surface area contributed by atoms with Gasteiger partial charge in [-0.05, 0) is 61.4 Å². The van der Waals surface area contributed by atoms with Crippen LogP contribution in [0, 0.1) is 13.8 Å². The summed E-state index contributed by atoms with van der Waals surface area (Å²) in [6.07, 6.45) is 0. The number of hydrogen-bond donors (Lipinski definition) is 3. The summed E-state index contributed by atoms with van der Waals surface area (Å²) in [5.74, 6) is 0.0109. The maximum absolute atomic E-state index is 13.4. The van der Waals surface area contributed by atoms with Crippen molar-refractivity contribution in [3.8, 4) is 5.75 Å². The van der Waals surface area contributed by atoms with E-state index in [1.54, 1.807) is 31.4 Å². The maximum Gasteiger partial charge on any atom is 0.260 e. The van der Waals surface area contributed by atoms with Crippen LogP contribution in [-0.4, -0.2) is 18.8 Å². The summed E-state index contributed by atoms with van der Waals surface area (Å²) in [4.78, 5) is 27.0. The van der Waals surface area contributed by atoms with Crippen molar-refractivity contribution in [2.45, 2.75) is 13.8 Å². The van der Waals surface area contributed by atoms with Gasteiger partial charge in [0.05, 0.1) is 18.4 Å². The molecule has 0 saturated carbocycles. The number of nitrogen functional groups attached to an aromatic ring is 1. The summed E-state index contributed by atoms with van der Waals surface area (Å²) in [6, 6.07) is 22.0. The monoisotopic (exact) mass is 471 g/mol. The van der Waals surface area contributed by atoms with E-state index in [0.717, 1.165) is 16.8 Å².